The molecule has 0 spiro atoms. The molecule has 0 unspecified atom stereocenters. The van der Waals surface area contributed by atoms with Gasteiger partial charge in [-0.3, -0.25) is 4.99 Å². The molecular formula is C18H22FN3O2. The van der Waals surface area contributed by atoms with Gasteiger partial charge in [-0.1, -0.05) is 12.1 Å². The van der Waals surface area contributed by atoms with Gasteiger partial charge in [-0.05, 0) is 42.3 Å². The van der Waals surface area contributed by atoms with Crippen LogP contribution in [0.2, 0.25) is 0 Å². The summed E-state index contributed by atoms with van der Waals surface area (Å²) in [5.74, 6) is 1.27. The van der Waals surface area contributed by atoms with Crippen LogP contribution in [0.25, 0.3) is 0 Å². The van der Waals surface area contributed by atoms with Gasteiger partial charge in [0.1, 0.15) is 17.3 Å². The zero-order chi connectivity index (χ0) is 17.4. The molecular weight excluding hydrogens is 309 g/mol. The zero-order valence-corrected chi connectivity index (χ0v) is 13.8. The van der Waals surface area contributed by atoms with E-state index < -0.39 is 0 Å². The Balaban J connectivity index is 1.83. The van der Waals surface area contributed by atoms with E-state index in [4.69, 9.17) is 4.74 Å². The van der Waals surface area contributed by atoms with E-state index in [-0.39, 0.29) is 11.6 Å². The van der Waals surface area contributed by atoms with Crippen molar-refractivity contribution >= 4 is 5.96 Å². The van der Waals surface area contributed by atoms with Crippen LogP contribution in [0.5, 0.6) is 11.5 Å². The molecule has 0 saturated heterocycles. The molecule has 0 radical (unpaired) electrons. The Labute approximate surface area is 141 Å². The number of nitrogens with zero attached hydrogens (tertiary/aromatic N) is 1. The Hall–Kier alpha value is -2.76. The fourth-order valence-electron chi connectivity index (χ4n) is 2.21. The third-order valence-corrected chi connectivity index (χ3v) is 3.58. The van der Waals surface area contributed by atoms with E-state index in [1.807, 2.05) is 0 Å². The maximum Gasteiger partial charge on any atom is 0.191 e. The lowest BCUT2D eigenvalue weighted by Crippen LogP contribution is -2.37. The maximum absolute atomic E-state index is 12.9. The molecule has 0 bridgehead atoms. The monoisotopic (exact) mass is 331 g/mol. The number of aromatic hydroxyl groups is 1. The fourth-order valence-corrected chi connectivity index (χ4v) is 2.21. The molecule has 0 aromatic heterocycles. The van der Waals surface area contributed by atoms with Gasteiger partial charge >= 0.3 is 0 Å². The lowest BCUT2D eigenvalue weighted by Gasteiger charge is -2.13. The summed E-state index contributed by atoms with van der Waals surface area (Å²) in [7, 11) is 3.26. The minimum atomic E-state index is -0.234. The first kappa shape index (κ1) is 17.6. The smallest absolute Gasteiger partial charge is 0.191 e. The van der Waals surface area contributed by atoms with Crippen molar-refractivity contribution in [3.8, 4) is 11.5 Å². The molecule has 128 valence electrons. The number of hydrogen-bond donors (Lipinski definition) is 3. The van der Waals surface area contributed by atoms with Crippen LogP contribution in [0.3, 0.4) is 0 Å². The molecule has 6 heteroatoms. The van der Waals surface area contributed by atoms with Crippen molar-refractivity contribution in [3.05, 3.63) is 59.4 Å². The van der Waals surface area contributed by atoms with Crippen LogP contribution in [0, 0.1) is 5.82 Å². The minimum Gasteiger partial charge on any atom is -0.508 e. The molecule has 0 aliphatic rings. The predicted molar refractivity (Wildman–Crippen MR) is 93.0 cm³/mol. The molecule has 0 amide bonds. The summed E-state index contributed by atoms with van der Waals surface area (Å²) in [6.45, 7) is 1.08. The standard InChI is InChI=1S/C18H22FN3O2/c1-20-18(21-10-9-13-3-5-15(19)6-4-13)22-12-14-11-16(24-2)7-8-17(14)23/h3-8,11,23H,9-10,12H2,1-2H3,(H2,20,21,22). The van der Waals surface area contributed by atoms with E-state index in [2.05, 4.69) is 15.6 Å². The second kappa shape index (κ2) is 8.76. The third kappa shape index (κ3) is 5.15. The van der Waals surface area contributed by atoms with Gasteiger partial charge in [-0.25, -0.2) is 4.39 Å². The predicted octanol–water partition coefficient (Wildman–Crippen LogP) is 2.45. The van der Waals surface area contributed by atoms with E-state index in [1.54, 1.807) is 44.5 Å². The van der Waals surface area contributed by atoms with Gasteiger partial charge in [0.05, 0.1) is 7.11 Å². The van der Waals surface area contributed by atoms with Crippen LogP contribution in [0.1, 0.15) is 11.1 Å². The number of phenols is 1. The molecule has 3 N–H and O–H groups in total. The molecule has 5 nitrogen and oxygen atoms in total. The van der Waals surface area contributed by atoms with E-state index in [0.29, 0.717) is 24.8 Å². The molecule has 2 aromatic carbocycles. The topological polar surface area (TPSA) is 65.9 Å². The highest BCUT2D eigenvalue weighted by molar-refractivity contribution is 5.79. The average Bonchev–Trinajstić information content (AvgIpc) is 2.60. The molecule has 0 fully saturated rings. The Morgan fingerprint density at radius 1 is 1.17 bits per heavy atom. The Kier molecular flexibility index (Phi) is 6.42. The summed E-state index contributed by atoms with van der Waals surface area (Å²) < 4.78 is 18.0. The Morgan fingerprint density at radius 2 is 1.92 bits per heavy atom. The zero-order valence-electron chi connectivity index (χ0n) is 13.8. The largest absolute Gasteiger partial charge is 0.508 e. The van der Waals surface area contributed by atoms with Crippen molar-refractivity contribution in [2.24, 2.45) is 4.99 Å². The van der Waals surface area contributed by atoms with Gasteiger partial charge in [-0.15, -0.1) is 0 Å². The number of methoxy groups -OCH3 is 1. The molecule has 0 heterocycles. The number of guanidine groups is 1. The number of ether oxygens (including phenoxy) is 1. The molecule has 2 aromatic rings. The van der Waals surface area contributed by atoms with Crippen LogP contribution in [-0.4, -0.2) is 31.8 Å². The highest BCUT2D eigenvalue weighted by atomic mass is 19.1. The number of benzene rings is 2. The van der Waals surface area contributed by atoms with E-state index in [0.717, 1.165) is 17.5 Å². The van der Waals surface area contributed by atoms with Crippen molar-refractivity contribution in [1.82, 2.24) is 10.6 Å². The first-order chi connectivity index (χ1) is 11.6. The van der Waals surface area contributed by atoms with Gasteiger partial charge in [0.15, 0.2) is 5.96 Å². The lowest BCUT2D eigenvalue weighted by molar-refractivity contribution is 0.410. The van der Waals surface area contributed by atoms with Crippen molar-refractivity contribution in [2.75, 3.05) is 20.7 Å². The number of aliphatic imine (C=N–C) groups is 1. The Bertz CT molecular complexity index is 687. The van der Waals surface area contributed by atoms with Crippen molar-refractivity contribution in [2.45, 2.75) is 13.0 Å². The SMILES string of the molecule is CN=C(NCCc1ccc(F)cc1)NCc1cc(OC)ccc1O. The summed E-state index contributed by atoms with van der Waals surface area (Å²) in [6.07, 6.45) is 0.755. The third-order valence-electron chi connectivity index (χ3n) is 3.58. The summed E-state index contributed by atoms with van der Waals surface area (Å²) >= 11 is 0. The van der Waals surface area contributed by atoms with Gasteiger partial charge in [0.2, 0.25) is 0 Å². The number of nitrogens with one attached hydrogen (secondary N) is 2. The van der Waals surface area contributed by atoms with Crippen LogP contribution in [-0.2, 0) is 13.0 Å². The van der Waals surface area contributed by atoms with Gasteiger partial charge in [0.25, 0.3) is 0 Å². The number of rotatable bonds is 6. The lowest BCUT2D eigenvalue weighted by atomic mass is 10.1. The molecule has 2 rings (SSSR count). The fraction of sp³-hybridized carbons (Fsp3) is 0.278. The number of halogens is 1. The average molecular weight is 331 g/mol. The highest BCUT2D eigenvalue weighted by Crippen LogP contribution is 2.22. The van der Waals surface area contributed by atoms with Crippen molar-refractivity contribution in [3.63, 3.8) is 0 Å². The molecule has 0 saturated carbocycles. The first-order valence-electron chi connectivity index (χ1n) is 7.67. The summed E-state index contributed by atoms with van der Waals surface area (Å²) in [5, 5.41) is 16.2. The normalized spacial score (nSPS) is 11.2. The van der Waals surface area contributed by atoms with Gasteiger partial charge in [0, 0.05) is 25.7 Å². The second-order valence-corrected chi connectivity index (χ2v) is 5.22. The van der Waals surface area contributed by atoms with Gasteiger partial charge < -0.3 is 20.5 Å². The molecule has 0 aliphatic heterocycles. The van der Waals surface area contributed by atoms with Crippen molar-refractivity contribution in [1.29, 1.82) is 0 Å². The second-order valence-electron chi connectivity index (χ2n) is 5.22. The summed E-state index contributed by atoms with van der Waals surface area (Å²) in [5.41, 5.74) is 1.76. The van der Waals surface area contributed by atoms with Crippen LogP contribution in [0.15, 0.2) is 47.5 Å². The quantitative estimate of drug-likeness (QED) is 0.562. The summed E-state index contributed by atoms with van der Waals surface area (Å²) in [6, 6.07) is 11.5. The van der Waals surface area contributed by atoms with Gasteiger partial charge in [-0.2, -0.15) is 0 Å². The molecule has 0 aliphatic carbocycles. The van der Waals surface area contributed by atoms with Crippen LogP contribution < -0.4 is 15.4 Å². The minimum absolute atomic E-state index is 0.199. The first-order valence-corrected chi connectivity index (χ1v) is 7.67. The summed E-state index contributed by atoms with van der Waals surface area (Å²) in [4.78, 5) is 4.14. The Morgan fingerprint density at radius 3 is 2.58 bits per heavy atom. The maximum atomic E-state index is 12.9. The molecule has 0 atom stereocenters. The van der Waals surface area contributed by atoms with Crippen LogP contribution >= 0.6 is 0 Å². The molecule has 24 heavy (non-hydrogen) atoms. The van der Waals surface area contributed by atoms with Crippen molar-refractivity contribution < 1.29 is 14.2 Å². The van der Waals surface area contributed by atoms with E-state index >= 15 is 0 Å². The number of hydrogen-bond acceptors (Lipinski definition) is 3. The van der Waals surface area contributed by atoms with E-state index in [9.17, 15) is 9.50 Å². The van der Waals surface area contributed by atoms with E-state index in [1.165, 1.54) is 12.1 Å². The highest BCUT2D eigenvalue weighted by Gasteiger charge is 2.05. The number of phenolic OH excluding ortho intramolecular Hbond substituents is 1. The van der Waals surface area contributed by atoms with Crippen LogP contribution in [0.4, 0.5) is 4.39 Å².